The lowest BCUT2D eigenvalue weighted by molar-refractivity contribution is 0.0122. The first-order valence-electron chi connectivity index (χ1n) is 6.68. The van der Waals surface area contributed by atoms with Crippen molar-refractivity contribution in [1.29, 1.82) is 0 Å². The van der Waals surface area contributed by atoms with Crippen LogP contribution in [0.4, 0.5) is 4.79 Å². The van der Waals surface area contributed by atoms with Crippen molar-refractivity contribution < 1.29 is 9.53 Å². The van der Waals surface area contributed by atoms with Gasteiger partial charge in [-0.3, -0.25) is 0 Å². The summed E-state index contributed by atoms with van der Waals surface area (Å²) in [5.41, 5.74) is -0.435. The number of thiophene rings is 1. The van der Waals surface area contributed by atoms with Gasteiger partial charge in [0.2, 0.25) is 0 Å². The van der Waals surface area contributed by atoms with E-state index in [4.69, 9.17) is 4.74 Å². The Balaban J connectivity index is 2.01. The molecule has 1 aromatic heterocycles. The molecule has 1 unspecified atom stereocenters. The third kappa shape index (κ3) is 4.21. The molecule has 2 rings (SSSR count). The number of rotatable bonds is 2. The van der Waals surface area contributed by atoms with E-state index in [9.17, 15) is 4.79 Å². The standard InChI is InChI=1S/C14H22N2O2S/c1-14(2,3)18-13(17)16-7-6-15-10-11(16)9-12-5-4-8-19-12/h4-5,8,11,15H,6-7,9-10H2,1-3H3. The molecule has 0 saturated carbocycles. The Bertz CT molecular complexity index is 412. The molecule has 1 fully saturated rings. The first-order valence-corrected chi connectivity index (χ1v) is 7.56. The number of carbonyl (C=O) groups is 1. The lowest BCUT2D eigenvalue weighted by Gasteiger charge is -2.37. The third-order valence-electron chi connectivity index (χ3n) is 3.00. The minimum atomic E-state index is -0.435. The van der Waals surface area contributed by atoms with Gasteiger partial charge in [-0.1, -0.05) is 6.07 Å². The van der Waals surface area contributed by atoms with Gasteiger partial charge in [0.1, 0.15) is 5.60 Å². The average molecular weight is 282 g/mol. The van der Waals surface area contributed by atoms with Crippen LogP contribution in [0.5, 0.6) is 0 Å². The lowest BCUT2D eigenvalue weighted by Crippen LogP contribution is -2.55. The van der Waals surface area contributed by atoms with E-state index in [1.54, 1.807) is 11.3 Å². The van der Waals surface area contributed by atoms with E-state index < -0.39 is 5.60 Å². The molecule has 4 nitrogen and oxygen atoms in total. The van der Waals surface area contributed by atoms with Crippen LogP contribution in [0.25, 0.3) is 0 Å². The summed E-state index contributed by atoms with van der Waals surface area (Å²) in [6.07, 6.45) is 0.694. The Kier molecular flexibility index (Phi) is 4.47. The normalized spacial score (nSPS) is 20.4. The number of nitrogens with one attached hydrogen (secondary N) is 1. The molecule has 1 aliphatic heterocycles. The van der Waals surface area contributed by atoms with Crippen molar-refractivity contribution >= 4 is 17.4 Å². The number of carbonyl (C=O) groups excluding carboxylic acids is 1. The quantitative estimate of drug-likeness (QED) is 0.906. The topological polar surface area (TPSA) is 41.6 Å². The van der Waals surface area contributed by atoms with Gasteiger partial charge in [-0.25, -0.2) is 4.79 Å². The maximum Gasteiger partial charge on any atom is 0.410 e. The van der Waals surface area contributed by atoms with Crippen molar-refractivity contribution in [2.45, 2.75) is 38.8 Å². The highest BCUT2D eigenvalue weighted by Gasteiger charge is 2.30. The van der Waals surface area contributed by atoms with Crippen LogP contribution in [0.1, 0.15) is 25.6 Å². The van der Waals surface area contributed by atoms with Gasteiger partial charge in [0.15, 0.2) is 0 Å². The van der Waals surface area contributed by atoms with E-state index in [2.05, 4.69) is 16.8 Å². The van der Waals surface area contributed by atoms with Gasteiger partial charge in [0, 0.05) is 30.9 Å². The van der Waals surface area contributed by atoms with Gasteiger partial charge >= 0.3 is 6.09 Å². The number of piperazine rings is 1. The molecule has 0 spiro atoms. The molecule has 2 heterocycles. The second-order valence-electron chi connectivity index (χ2n) is 5.82. The Morgan fingerprint density at radius 1 is 1.58 bits per heavy atom. The van der Waals surface area contributed by atoms with Gasteiger partial charge in [-0.05, 0) is 32.2 Å². The van der Waals surface area contributed by atoms with Gasteiger partial charge in [0.05, 0.1) is 6.04 Å². The molecule has 5 heteroatoms. The van der Waals surface area contributed by atoms with Crippen LogP contribution in [0, 0.1) is 0 Å². The molecule has 1 saturated heterocycles. The summed E-state index contributed by atoms with van der Waals surface area (Å²) >= 11 is 1.74. The second kappa shape index (κ2) is 5.92. The Morgan fingerprint density at radius 2 is 2.37 bits per heavy atom. The smallest absolute Gasteiger partial charge is 0.410 e. The summed E-state index contributed by atoms with van der Waals surface area (Å²) in [5, 5.41) is 5.42. The molecule has 1 amide bonds. The maximum atomic E-state index is 12.2. The van der Waals surface area contributed by atoms with Crippen LogP contribution >= 0.6 is 11.3 Å². The van der Waals surface area contributed by atoms with Crippen LogP contribution in [-0.4, -0.2) is 42.3 Å². The highest BCUT2D eigenvalue weighted by atomic mass is 32.1. The fourth-order valence-electron chi connectivity index (χ4n) is 2.17. The molecule has 19 heavy (non-hydrogen) atoms. The predicted molar refractivity (Wildman–Crippen MR) is 77.6 cm³/mol. The zero-order chi connectivity index (χ0) is 13.9. The van der Waals surface area contributed by atoms with E-state index in [-0.39, 0.29) is 12.1 Å². The molecule has 1 atom stereocenters. The Hall–Kier alpha value is -1.07. The number of hydrogen-bond donors (Lipinski definition) is 1. The van der Waals surface area contributed by atoms with E-state index >= 15 is 0 Å². The van der Waals surface area contributed by atoms with E-state index in [1.165, 1.54) is 4.88 Å². The van der Waals surface area contributed by atoms with Crippen LogP contribution in [0.15, 0.2) is 17.5 Å². The van der Waals surface area contributed by atoms with Crippen molar-refractivity contribution in [3.63, 3.8) is 0 Å². The van der Waals surface area contributed by atoms with Crippen molar-refractivity contribution in [1.82, 2.24) is 10.2 Å². The number of hydrogen-bond acceptors (Lipinski definition) is 4. The summed E-state index contributed by atoms with van der Waals surface area (Å²) in [6, 6.07) is 4.35. The number of nitrogens with zero attached hydrogens (tertiary/aromatic N) is 1. The molecule has 0 aliphatic carbocycles. The zero-order valence-corrected chi connectivity index (χ0v) is 12.6. The first kappa shape index (κ1) is 14.3. The van der Waals surface area contributed by atoms with Crippen molar-refractivity contribution in [3.05, 3.63) is 22.4 Å². The minimum absolute atomic E-state index is 0.183. The second-order valence-corrected chi connectivity index (χ2v) is 6.85. The molecule has 0 bridgehead atoms. The number of ether oxygens (including phenoxy) is 1. The molecule has 0 aromatic carbocycles. The summed E-state index contributed by atoms with van der Waals surface area (Å²) in [7, 11) is 0. The maximum absolute atomic E-state index is 12.2. The van der Waals surface area contributed by atoms with Crippen LogP contribution in [0.2, 0.25) is 0 Å². The van der Waals surface area contributed by atoms with Crippen molar-refractivity contribution in [2.24, 2.45) is 0 Å². The van der Waals surface area contributed by atoms with E-state index in [0.717, 1.165) is 19.5 Å². The highest BCUT2D eigenvalue weighted by Crippen LogP contribution is 2.18. The largest absolute Gasteiger partial charge is 0.444 e. The predicted octanol–water partition coefficient (Wildman–Crippen LogP) is 2.50. The summed E-state index contributed by atoms with van der Waals surface area (Å²) in [6.45, 7) is 8.09. The van der Waals surface area contributed by atoms with Gasteiger partial charge in [-0.15, -0.1) is 11.3 Å². The molecule has 1 aromatic rings. The van der Waals surface area contributed by atoms with Crippen LogP contribution in [0.3, 0.4) is 0 Å². The molecule has 1 aliphatic rings. The van der Waals surface area contributed by atoms with Gasteiger partial charge in [-0.2, -0.15) is 0 Å². The van der Waals surface area contributed by atoms with Gasteiger partial charge < -0.3 is 15.0 Å². The monoisotopic (exact) mass is 282 g/mol. The molecule has 1 N–H and O–H groups in total. The van der Waals surface area contributed by atoms with Crippen molar-refractivity contribution in [3.8, 4) is 0 Å². The molecular weight excluding hydrogens is 260 g/mol. The SMILES string of the molecule is CC(C)(C)OC(=O)N1CCNCC1Cc1cccs1. The summed E-state index contributed by atoms with van der Waals surface area (Å²) in [4.78, 5) is 15.4. The zero-order valence-electron chi connectivity index (χ0n) is 11.8. The Labute approximate surface area is 118 Å². The fraction of sp³-hybridized carbons (Fsp3) is 0.643. The summed E-state index contributed by atoms with van der Waals surface area (Å²) in [5.74, 6) is 0. The highest BCUT2D eigenvalue weighted by molar-refractivity contribution is 7.09. The van der Waals surface area contributed by atoms with Crippen LogP contribution < -0.4 is 5.32 Å². The van der Waals surface area contributed by atoms with Crippen molar-refractivity contribution in [2.75, 3.05) is 19.6 Å². The molecular formula is C14H22N2O2S. The van der Waals surface area contributed by atoms with Crippen LogP contribution in [-0.2, 0) is 11.2 Å². The Morgan fingerprint density at radius 3 is 3.00 bits per heavy atom. The third-order valence-corrected chi connectivity index (χ3v) is 3.89. The minimum Gasteiger partial charge on any atom is -0.444 e. The van der Waals surface area contributed by atoms with E-state index in [1.807, 2.05) is 31.7 Å². The molecule has 0 radical (unpaired) electrons. The lowest BCUT2D eigenvalue weighted by atomic mass is 10.1. The van der Waals surface area contributed by atoms with E-state index in [0.29, 0.717) is 6.54 Å². The number of amides is 1. The average Bonchev–Trinajstić information content (AvgIpc) is 2.80. The van der Waals surface area contributed by atoms with Gasteiger partial charge in [0.25, 0.3) is 0 Å². The summed E-state index contributed by atoms with van der Waals surface area (Å²) < 4.78 is 5.49. The fourth-order valence-corrected chi connectivity index (χ4v) is 2.94. The first-order chi connectivity index (χ1) is 8.96. The molecule has 106 valence electrons.